The van der Waals surface area contributed by atoms with E-state index >= 15 is 0 Å². The summed E-state index contributed by atoms with van der Waals surface area (Å²) in [6.45, 7) is 8.26. The first-order chi connectivity index (χ1) is 9.69. The molecule has 0 unspecified atom stereocenters. The third-order valence-electron chi connectivity index (χ3n) is 3.69. The molecule has 21 heavy (non-hydrogen) atoms. The maximum absolute atomic E-state index is 12.4. The van der Waals surface area contributed by atoms with E-state index in [0.29, 0.717) is 6.54 Å². The molecule has 0 spiro atoms. The summed E-state index contributed by atoms with van der Waals surface area (Å²) in [6.07, 6.45) is 2.59. The molecule has 1 aliphatic rings. The van der Waals surface area contributed by atoms with Crippen molar-refractivity contribution in [3.05, 3.63) is 29.8 Å². The first-order valence-corrected chi connectivity index (χ1v) is 7.55. The molecule has 2 N–H and O–H groups in total. The molecule has 0 atom stereocenters. The lowest BCUT2D eigenvalue weighted by molar-refractivity contribution is 0.0579. The van der Waals surface area contributed by atoms with Crippen LogP contribution in [-0.4, -0.2) is 23.8 Å². The fourth-order valence-electron chi connectivity index (χ4n) is 2.11. The average Bonchev–Trinajstić information content (AvgIpc) is 3.08. The molecule has 2 rings (SSSR count). The van der Waals surface area contributed by atoms with Crippen LogP contribution in [0.25, 0.3) is 0 Å². The number of benzene rings is 1. The molecule has 0 aliphatic heterocycles. The second-order valence-electron chi connectivity index (χ2n) is 7.08. The predicted octanol–water partition coefficient (Wildman–Crippen LogP) is 3.62. The number of anilines is 1. The Morgan fingerprint density at radius 3 is 2.33 bits per heavy atom. The topological polar surface area (TPSA) is 55.6 Å². The maximum Gasteiger partial charge on any atom is 0.414 e. The molecule has 1 aromatic carbocycles. The van der Waals surface area contributed by atoms with E-state index in [-0.39, 0.29) is 11.6 Å². The number of carbonyl (C=O) groups is 1. The summed E-state index contributed by atoms with van der Waals surface area (Å²) in [5.74, 6) is 0. The van der Waals surface area contributed by atoms with Gasteiger partial charge in [0.15, 0.2) is 0 Å². The molecule has 0 bridgehead atoms. The van der Waals surface area contributed by atoms with E-state index in [0.717, 1.165) is 24.9 Å². The van der Waals surface area contributed by atoms with Crippen LogP contribution < -0.4 is 10.6 Å². The molecule has 0 heterocycles. The van der Waals surface area contributed by atoms with E-state index in [2.05, 4.69) is 0 Å². The fraction of sp³-hybridized carbons (Fsp3) is 0.588. The van der Waals surface area contributed by atoms with Crippen LogP contribution in [0.15, 0.2) is 24.3 Å². The molecule has 4 heteroatoms. The van der Waals surface area contributed by atoms with E-state index in [1.807, 2.05) is 52.0 Å². The number of nitrogens with two attached hydrogens (primary N) is 1. The van der Waals surface area contributed by atoms with Crippen molar-refractivity contribution in [2.45, 2.75) is 58.1 Å². The van der Waals surface area contributed by atoms with Crippen LogP contribution in [0.3, 0.4) is 0 Å². The van der Waals surface area contributed by atoms with Gasteiger partial charge in [-0.2, -0.15) is 0 Å². The number of carbonyl (C=O) groups excluding carboxylic acids is 1. The van der Waals surface area contributed by atoms with Gasteiger partial charge in [0.05, 0.1) is 0 Å². The fourth-order valence-corrected chi connectivity index (χ4v) is 2.11. The first kappa shape index (κ1) is 15.8. The third-order valence-corrected chi connectivity index (χ3v) is 3.69. The van der Waals surface area contributed by atoms with Crippen LogP contribution in [0.2, 0.25) is 0 Å². The third kappa shape index (κ3) is 4.74. The van der Waals surface area contributed by atoms with Crippen LogP contribution in [0, 0.1) is 6.92 Å². The lowest BCUT2D eigenvalue weighted by Crippen LogP contribution is -2.39. The molecular formula is C17H26N2O2. The van der Waals surface area contributed by atoms with Crippen LogP contribution >= 0.6 is 0 Å². The highest BCUT2D eigenvalue weighted by Gasteiger charge is 2.38. The number of ether oxygens (including phenoxy) is 1. The van der Waals surface area contributed by atoms with Crippen LogP contribution in [-0.2, 0) is 4.74 Å². The summed E-state index contributed by atoms with van der Waals surface area (Å²) in [5.41, 5.74) is 7.59. The Balaban J connectivity index is 2.12. The molecule has 1 fully saturated rings. The Morgan fingerprint density at radius 1 is 1.29 bits per heavy atom. The molecule has 1 aliphatic carbocycles. The van der Waals surface area contributed by atoms with Gasteiger partial charge >= 0.3 is 6.09 Å². The first-order valence-electron chi connectivity index (χ1n) is 7.55. The summed E-state index contributed by atoms with van der Waals surface area (Å²) in [5, 5.41) is 0. The number of hydrogen-bond donors (Lipinski definition) is 1. The highest BCUT2D eigenvalue weighted by molar-refractivity contribution is 5.87. The Morgan fingerprint density at radius 2 is 1.86 bits per heavy atom. The molecule has 0 aromatic heterocycles. The summed E-state index contributed by atoms with van der Waals surface area (Å²) in [7, 11) is 0. The summed E-state index contributed by atoms with van der Waals surface area (Å²) >= 11 is 0. The van der Waals surface area contributed by atoms with Gasteiger partial charge in [0.1, 0.15) is 5.60 Å². The van der Waals surface area contributed by atoms with Crippen molar-refractivity contribution in [3.63, 3.8) is 0 Å². The summed E-state index contributed by atoms with van der Waals surface area (Å²) in [4.78, 5) is 14.1. The second-order valence-corrected chi connectivity index (χ2v) is 7.08. The van der Waals surface area contributed by atoms with Gasteiger partial charge in [-0.25, -0.2) is 4.79 Å². The van der Waals surface area contributed by atoms with Crippen molar-refractivity contribution in [2.24, 2.45) is 5.73 Å². The van der Waals surface area contributed by atoms with Gasteiger partial charge in [-0.3, -0.25) is 4.90 Å². The van der Waals surface area contributed by atoms with Gasteiger partial charge < -0.3 is 10.5 Å². The number of hydrogen-bond acceptors (Lipinski definition) is 3. The van der Waals surface area contributed by atoms with Crippen LogP contribution in [0.4, 0.5) is 10.5 Å². The summed E-state index contributed by atoms with van der Waals surface area (Å²) in [6, 6.07) is 7.91. The van der Waals surface area contributed by atoms with Gasteiger partial charge in [-0.15, -0.1) is 0 Å². The van der Waals surface area contributed by atoms with Gasteiger partial charge in [0.2, 0.25) is 0 Å². The smallest absolute Gasteiger partial charge is 0.414 e. The normalized spacial score (nSPS) is 16.4. The van der Waals surface area contributed by atoms with E-state index < -0.39 is 5.60 Å². The maximum atomic E-state index is 12.4. The molecule has 1 saturated carbocycles. The quantitative estimate of drug-likeness (QED) is 0.921. The van der Waals surface area contributed by atoms with Crippen LogP contribution in [0.1, 0.15) is 45.6 Å². The van der Waals surface area contributed by atoms with Crippen molar-refractivity contribution in [2.75, 3.05) is 11.4 Å². The van der Waals surface area contributed by atoms with Gasteiger partial charge in [0.25, 0.3) is 0 Å². The molecular weight excluding hydrogens is 264 g/mol. The SMILES string of the molecule is Cc1ccc(N(CCC2(N)CC2)C(=O)OC(C)(C)C)cc1. The van der Waals surface area contributed by atoms with Crippen molar-refractivity contribution in [3.8, 4) is 0 Å². The zero-order chi connectivity index (χ0) is 15.7. The molecule has 1 amide bonds. The Labute approximate surface area is 127 Å². The highest BCUT2D eigenvalue weighted by Crippen LogP contribution is 2.36. The molecule has 0 saturated heterocycles. The second kappa shape index (κ2) is 5.68. The highest BCUT2D eigenvalue weighted by atomic mass is 16.6. The minimum Gasteiger partial charge on any atom is -0.443 e. The standard InChI is InChI=1S/C17H26N2O2/c1-13-5-7-14(8-6-13)19(12-11-17(18)9-10-17)15(20)21-16(2,3)4/h5-8H,9-12,18H2,1-4H3. The van der Waals surface area contributed by atoms with Crippen molar-refractivity contribution >= 4 is 11.8 Å². The number of nitrogens with zero attached hydrogens (tertiary/aromatic N) is 1. The number of rotatable bonds is 4. The Bertz CT molecular complexity index is 499. The predicted molar refractivity (Wildman–Crippen MR) is 85.5 cm³/mol. The lowest BCUT2D eigenvalue weighted by atomic mass is 10.1. The number of amides is 1. The lowest BCUT2D eigenvalue weighted by Gasteiger charge is -2.28. The Hall–Kier alpha value is -1.55. The van der Waals surface area contributed by atoms with Gasteiger partial charge in [-0.1, -0.05) is 17.7 Å². The zero-order valence-electron chi connectivity index (χ0n) is 13.5. The van der Waals surface area contributed by atoms with E-state index in [4.69, 9.17) is 10.5 Å². The minimum atomic E-state index is -0.500. The monoisotopic (exact) mass is 290 g/mol. The average molecular weight is 290 g/mol. The zero-order valence-corrected chi connectivity index (χ0v) is 13.5. The molecule has 1 aromatic rings. The van der Waals surface area contributed by atoms with Crippen molar-refractivity contribution in [1.82, 2.24) is 0 Å². The minimum absolute atomic E-state index is 0.0784. The van der Waals surface area contributed by atoms with E-state index in [9.17, 15) is 4.79 Å². The largest absolute Gasteiger partial charge is 0.443 e. The van der Waals surface area contributed by atoms with Crippen molar-refractivity contribution in [1.29, 1.82) is 0 Å². The molecule has 116 valence electrons. The van der Waals surface area contributed by atoms with Crippen molar-refractivity contribution < 1.29 is 9.53 Å². The Kier molecular flexibility index (Phi) is 4.28. The van der Waals surface area contributed by atoms with Gasteiger partial charge in [-0.05, 0) is 59.1 Å². The van der Waals surface area contributed by atoms with Crippen LogP contribution in [0.5, 0.6) is 0 Å². The van der Waals surface area contributed by atoms with E-state index in [1.165, 1.54) is 5.56 Å². The van der Waals surface area contributed by atoms with Gasteiger partial charge in [0, 0.05) is 17.8 Å². The molecule has 4 nitrogen and oxygen atoms in total. The van der Waals surface area contributed by atoms with E-state index in [1.54, 1.807) is 4.90 Å². The number of aryl methyl sites for hydroxylation is 1. The summed E-state index contributed by atoms with van der Waals surface area (Å²) < 4.78 is 5.52. The molecule has 0 radical (unpaired) electrons.